The summed E-state index contributed by atoms with van der Waals surface area (Å²) in [7, 11) is 0. The van der Waals surface area contributed by atoms with Crippen LogP contribution >= 0.6 is 15.9 Å². The number of rotatable bonds is 2. The number of hydrogen-bond donors (Lipinski definition) is 2. The van der Waals surface area contributed by atoms with Crippen molar-refractivity contribution in [3.05, 3.63) is 27.7 Å². The van der Waals surface area contributed by atoms with Gasteiger partial charge in [0.25, 0.3) is 5.91 Å². The fraction of sp³-hybridized carbons (Fsp3) is 0.462. The highest BCUT2D eigenvalue weighted by molar-refractivity contribution is 9.10. The van der Waals surface area contributed by atoms with Crippen LogP contribution in [0.1, 0.15) is 28.8 Å². The molecule has 1 unspecified atom stereocenters. The van der Waals surface area contributed by atoms with Gasteiger partial charge in [-0.05, 0) is 37.5 Å². The van der Waals surface area contributed by atoms with Crippen LogP contribution in [0.5, 0.6) is 0 Å². The maximum atomic E-state index is 12.2. The number of hydrogen-bond acceptors (Lipinski definition) is 3. The van der Waals surface area contributed by atoms with Gasteiger partial charge < -0.3 is 15.8 Å². The molecule has 5 heteroatoms. The van der Waals surface area contributed by atoms with Gasteiger partial charge in [-0.15, -0.1) is 0 Å². The number of carbonyl (C=O) groups excluding carboxylic acids is 1. The molecule has 4 nitrogen and oxygen atoms in total. The normalized spacial score (nSPS) is 19.6. The Morgan fingerprint density at radius 3 is 3.00 bits per heavy atom. The predicted octanol–water partition coefficient (Wildman–Crippen LogP) is 2.25. The molecular weight excluding hydrogens is 296 g/mol. The van der Waals surface area contributed by atoms with E-state index in [0.29, 0.717) is 17.9 Å². The molecule has 18 heavy (non-hydrogen) atoms. The number of nitrogens with two attached hydrogens (primary N) is 1. The van der Waals surface area contributed by atoms with E-state index in [1.54, 1.807) is 12.1 Å². The lowest BCUT2D eigenvalue weighted by Gasteiger charge is -2.23. The third-order valence-corrected chi connectivity index (χ3v) is 3.61. The van der Waals surface area contributed by atoms with Crippen LogP contribution in [0.4, 0.5) is 5.69 Å². The van der Waals surface area contributed by atoms with Crippen LogP contribution in [0.25, 0.3) is 0 Å². The number of benzene rings is 1. The van der Waals surface area contributed by atoms with E-state index in [9.17, 15) is 4.79 Å². The van der Waals surface area contributed by atoms with Gasteiger partial charge >= 0.3 is 0 Å². The third kappa shape index (κ3) is 3.03. The SMILES string of the molecule is Cc1c(N)cc(Br)cc1C(=O)NC1CCCOC1. The summed E-state index contributed by atoms with van der Waals surface area (Å²) in [4.78, 5) is 12.2. The molecule has 3 N–H and O–H groups in total. The van der Waals surface area contributed by atoms with Crippen molar-refractivity contribution in [1.82, 2.24) is 5.32 Å². The van der Waals surface area contributed by atoms with Crippen molar-refractivity contribution in [3.63, 3.8) is 0 Å². The lowest BCUT2D eigenvalue weighted by molar-refractivity contribution is 0.0624. The molecule has 1 aromatic carbocycles. The maximum absolute atomic E-state index is 12.2. The zero-order valence-corrected chi connectivity index (χ0v) is 11.9. The van der Waals surface area contributed by atoms with Crippen molar-refractivity contribution in [2.45, 2.75) is 25.8 Å². The highest BCUT2D eigenvalue weighted by atomic mass is 79.9. The Hall–Kier alpha value is -1.07. The number of amides is 1. The molecule has 0 bridgehead atoms. The first-order chi connectivity index (χ1) is 8.58. The second-order valence-electron chi connectivity index (χ2n) is 4.56. The van der Waals surface area contributed by atoms with Gasteiger partial charge in [-0.3, -0.25) is 4.79 Å². The third-order valence-electron chi connectivity index (χ3n) is 3.15. The zero-order chi connectivity index (χ0) is 13.1. The highest BCUT2D eigenvalue weighted by Crippen LogP contribution is 2.23. The first kappa shape index (κ1) is 13.4. The number of halogens is 1. The van der Waals surface area contributed by atoms with E-state index in [-0.39, 0.29) is 11.9 Å². The van der Waals surface area contributed by atoms with E-state index >= 15 is 0 Å². The van der Waals surface area contributed by atoms with Crippen LogP contribution in [0.2, 0.25) is 0 Å². The molecule has 1 aliphatic rings. The first-order valence-electron chi connectivity index (χ1n) is 6.02. The van der Waals surface area contributed by atoms with Crippen LogP contribution in [0, 0.1) is 6.92 Å². The molecule has 1 fully saturated rings. The van der Waals surface area contributed by atoms with Gasteiger partial charge in [-0.2, -0.15) is 0 Å². The number of carbonyl (C=O) groups is 1. The minimum Gasteiger partial charge on any atom is -0.398 e. The van der Waals surface area contributed by atoms with Crippen LogP contribution < -0.4 is 11.1 Å². The van der Waals surface area contributed by atoms with Crippen LogP contribution in [0.3, 0.4) is 0 Å². The predicted molar refractivity (Wildman–Crippen MR) is 74.6 cm³/mol. The van der Waals surface area contributed by atoms with E-state index in [4.69, 9.17) is 10.5 Å². The summed E-state index contributed by atoms with van der Waals surface area (Å²) in [5, 5.41) is 2.99. The summed E-state index contributed by atoms with van der Waals surface area (Å²) in [6.07, 6.45) is 1.96. The van der Waals surface area contributed by atoms with E-state index in [0.717, 1.165) is 29.5 Å². The first-order valence-corrected chi connectivity index (χ1v) is 6.81. The fourth-order valence-corrected chi connectivity index (χ4v) is 2.53. The number of nitrogens with one attached hydrogen (secondary N) is 1. The van der Waals surface area contributed by atoms with Gasteiger partial charge in [-0.25, -0.2) is 0 Å². The summed E-state index contributed by atoms with van der Waals surface area (Å²) < 4.78 is 6.16. The van der Waals surface area contributed by atoms with Gasteiger partial charge in [-0.1, -0.05) is 15.9 Å². The Balaban J connectivity index is 2.13. The zero-order valence-electron chi connectivity index (χ0n) is 10.3. The summed E-state index contributed by atoms with van der Waals surface area (Å²) in [5.74, 6) is -0.0870. The molecular formula is C13H17BrN2O2. The molecule has 98 valence electrons. The standard InChI is InChI=1S/C13H17BrN2O2/c1-8-11(5-9(14)6-12(8)15)13(17)16-10-3-2-4-18-7-10/h5-6,10H,2-4,7,15H2,1H3,(H,16,17). The molecule has 0 aliphatic carbocycles. The largest absolute Gasteiger partial charge is 0.398 e. The lowest BCUT2D eigenvalue weighted by atomic mass is 10.0. The number of nitrogen functional groups attached to an aromatic ring is 1. The number of ether oxygens (including phenoxy) is 1. The van der Waals surface area contributed by atoms with E-state index in [1.165, 1.54) is 0 Å². The molecule has 1 aliphatic heterocycles. The van der Waals surface area contributed by atoms with Crippen LogP contribution in [-0.2, 0) is 4.74 Å². The van der Waals surface area contributed by atoms with Crippen molar-refractivity contribution in [2.24, 2.45) is 0 Å². The smallest absolute Gasteiger partial charge is 0.251 e. The molecule has 1 atom stereocenters. The average Bonchev–Trinajstić information content (AvgIpc) is 2.35. The Morgan fingerprint density at radius 1 is 1.56 bits per heavy atom. The van der Waals surface area contributed by atoms with Gasteiger partial charge in [0.05, 0.1) is 12.6 Å². The summed E-state index contributed by atoms with van der Waals surface area (Å²) in [6, 6.07) is 3.70. The summed E-state index contributed by atoms with van der Waals surface area (Å²) in [6.45, 7) is 3.23. The molecule has 1 amide bonds. The van der Waals surface area contributed by atoms with Crippen molar-refractivity contribution < 1.29 is 9.53 Å². The molecule has 0 radical (unpaired) electrons. The van der Waals surface area contributed by atoms with E-state index in [2.05, 4.69) is 21.2 Å². The molecule has 1 aromatic rings. The molecule has 2 rings (SSSR count). The highest BCUT2D eigenvalue weighted by Gasteiger charge is 2.19. The van der Waals surface area contributed by atoms with Gasteiger partial charge in [0.1, 0.15) is 0 Å². The monoisotopic (exact) mass is 312 g/mol. The number of anilines is 1. The maximum Gasteiger partial charge on any atom is 0.251 e. The van der Waals surface area contributed by atoms with Gasteiger partial charge in [0, 0.05) is 22.3 Å². The Kier molecular flexibility index (Phi) is 4.24. The quantitative estimate of drug-likeness (QED) is 0.823. The fourth-order valence-electron chi connectivity index (χ4n) is 2.05. The molecule has 0 saturated carbocycles. The summed E-state index contributed by atoms with van der Waals surface area (Å²) in [5.41, 5.74) is 7.91. The van der Waals surface area contributed by atoms with E-state index < -0.39 is 0 Å². The van der Waals surface area contributed by atoms with Crippen molar-refractivity contribution in [2.75, 3.05) is 18.9 Å². The lowest BCUT2D eigenvalue weighted by Crippen LogP contribution is -2.40. The molecule has 0 spiro atoms. The van der Waals surface area contributed by atoms with Crippen molar-refractivity contribution >= 4 is 27.5 Å². The minimum absolute atomic E-state index is 0.0870. The molecule has 0 aromatic heterocycles. The average molecular weight is 313 g/mol. The molecule has 1 saturated heterocycles. The van der Waals surface area contributed by atoms with Crippen LogP contribution in [-0.4, -0.2) is 25.2 Å². The van der Waals surface area contributed by atoms with E-state index in [1.807, 2.05) is 6.92 Å². The Bertz CT molecular complexity index is 457. The van der Waals surface area contributed by atoms with Crippen molar-refractivity contribution in [1.29, 1.82) is 0 Å². The second kappa shape index (κ2) is 5.71. The van der Waals surface area contributed by atoms with Gasteiger partial charge in [0.2, 0.25) is 0 Å². The summed E-state index contributed by atoms with van der Waals surface area (Å²) >= 11 is 3.36. The molecule has 1 heterocycles. The minimum atomic E-state index is -0.0870. The van der Waals surface area contributed by atoms with Crippen molar-refractivity contribution in [3.8, 4) is 0 Å². The second-order valence-corrected chi connectivity index (χ2v) is 5.47. The topological polar surface area (TPSA) is 64.4 Å². The van der Waals surface area contributed by atoms with Crippen LogP contribution in [0.15, 0.2) is 16.6 Å². The Labute approximate surface area is 115 Å². The Morgan fingerprint density at radius 2 is 2.33 bits per heavy atom. The van der Waals surface area contributed by atoms with Gasteiger partial charge in [0.15, 0.2) is 0 Å².